The van der Waals surface area contributed by atoms with E-state index in [2.05, 4.69) is 30.7 Å². The molecule has 0 radical (unpaired) electrons. The third kappa shape index (κ3) is 4.27. The fourth-order valence-electron chi connectivity index (χ4n) is 4.25. The van der Waals surface area contributed by atoms with Crippen LogP contribution in [0.5, 0.6) is 0 Å². The number of rotatable bonds is 5. The highest BCUT2D eigenvalue weighted by Crippen LogP contribution is 2.40. The molecular formula is C22H23F3N8O2. The van der Waals surface area contributed by atoms with Gasteiger partial charge in [-0.2, -0.15) is 23.3 Å². The first-order valence-corrected chi connectivity index (χ1v) is 10.9. The van der Waals surface area contributed by atoms with E-state index >= 15 is 0 Å². The lowest BCUT2D eigenvalue weighted by molar-refractivity contribution is -0.141. The molecule has 13 heteroatoms. The van der Waals surface area contributed by atoms with Crippen molar-refractivity contribution in [1.29, 1.82) is 0 Å². The number of hydrogen-bond acceptors (Lipinski definition) is 8. The molecule has 10 nitrogen and oxygen atoms in total. The van der Waals surface area contributed by atoms with E-state index in [4.69, 9.17) is 4.74 Å². The summed E-state index contributed by atoms with van der Waals surface area (Å²) in [5.74, 6) is 0.904. The molecule has 2 aliphatic rings. The average Bonchev–Trinajstić information content (AvgIpc) is 3.48. The van der Waals surface area contributed by atoms with Gasteiger partial charge in [0.1, 0.15) is 16.9 Å². The van der Waals surface area contributed by atoms with Crippen LogP contribution in [0.1, 0.15) is 28.9 Å². The van der Waals surface area contributed by atoms with Crippen molar-refractivity contribution in [1.82, 2.24) is 24.7 Å². The van der Waals surface area contributed by atoms with Crippen molar-refractivity contribution in [3.63, 3.8) is 0 Å². The molecule has 0 aromatic carbocycles. The molecule has 5 rings (SSSR count). The van der Waals surface area contributed by atoms with Crippen LogP contribution in [0.3, 0.4) is 0 Å². The number of likely N-dealkylation sites (N-methyl/N-ethyl adjacent to an activating group) is 1. The Kier molecular flexibility index (Phi) is 5.58. The lowest BCUT2D eigenvalue weighted by Crippen LogP contribution is -2.59. The monoisotopic (exact) mass is 488 g/mol. The van der Waals surface area contributed by atoms with E-state index in [1.807, 2.05) is 11.9 Å². The summed E-state index contributed by atoms with van der Waals surface area (Å²) in [5, 5.41) is 10.4. The van der Waals surface area contributed by atoms with Crippen molar-refractivity contribution in [2.24, 2.45) is 0 Å². The molecule has 2 N–H and O–H groups in total. The number of carbonyl (C=O) groups is 1. The maximum absolute atomic E-state index is 12.8. The van der Waals surface area contributed by atoms with Gasteiger partial charge in [-0.15, -0.1) is 0 Å². The minimum atomic E-state index is -4.47. The second kappa shape index (κ2) is 8.48. The summed E-state index contributed by atoms with van der Waals surface area (Å²) in [7, 11) is 1.84. The minimum absolute atomic E-state index is 0.118. The molecule has 0 aliphatic carbocycles. The number of fused-ring (bicyclic) bond motifs is 1. The second-order valence-corrected chi connectivity index (χ2v) is 8.63. The Morgan fingerprint density at radius 3 is 2.74 bits per heavy atom. The van der Waals surface area contributed by atoms with Crippen LogP contribution in [-0.2, 0) is 28.8 Å². The van der Waals surface area contributed by atoms with Gasteiger partial charge in [0, 0.05) is 44.6 Å². The molecule has 1 saturated heterocycles. The summed E-state index contributed by atoms with van der Waals surface area (Å²) < 4.78 is 45.2. The number of carbonyl (C=O) groups excluding carboxylic acids is 1. The molecule has 3 aromatic heterocycles. The number of aromatic nitrogens is 5. The van der Waals surface area contributed by atoms with E-state index in [1.54, 1.807) is 24.0 Å². The quantitative estimate of drug-likeness (QED) is 0.564. The van der Waals surface area contributed by atoms with Gasteiger partial charge in [0.2, 0.25) is 5.95 Å². The van der Waals surface area contributed by atoms with Gasteiger partial charge in [0.15, 0.2) is 5.82 Å². The van der Waals surface area contributed by atoms with Crippen LogP contribution in [0.2, 0.25) is 0 Å². The lowest BCUT2D eigenvalue weighted by atomic mass is 9.93. The number of anilines is 3. The first-order valence-electron chi connectivity index (χ1n) is 10.9. The fourth-order valence-corrected chi connectivity index (χ4v) is 4.25. The average molecular weight is 488 g/mol. The zero-order valence-corrected chi connectivity index (χ0v) is 19.1. The van der Waals surface area contributed by atoms with E-state index in [0.29, 0.717) is 54.9 Å². The molecule has 1 spiro atoms. The molecule has 1 amide bonds. The van der Waals surface area contributed by atoms with Crippen LogP contribution >= 0.6 is 0 Å². The van der Waals surface area contributed by atoms with Crippen molar-refractivity contribution in [2.45, 2.75) is 38.1 Å². The Balaban J connectivity index is 1.27. The third-order valence-electron chi connectivity index (χ3n) is 6.29. The summed E-state index contributed by atoms with van der Waals surface area (Å²) >= 11 is 0. The van der Waals surface area contributed by atoms with Crippen molar-refractivity contribution in [2.75, 3.05) is 35.8 Å². The molecule has 0 bridgehead atoms. The van der Waals surface area contributed by atoms with E-state index in [9.17, 15) is 18.0 Å². The van der Waals surface area contributed by atoms with E-state index in [-0.39, 0.29) is 12.5 Å². The molecule has 5 heterocycles. The predicted molar refractivity (Wildman–Crippen MR) is 120 cm³/mol. The van der Waals surface area contributed by atoms with E-state index in [0.717, 1.165) is 11.6 Å². The Hall–Kier alpha value is -3.74. The topological polar surface area (TPSA) is 110 Å². The van der Waals surface area contributed by atoms with Gasteiger partial charge in [-0.25, -0.2) is 4.98 Å². The number of hydrogen-bond donors (Lipinski definition) is 2. The van der Waals surface area contributed by atoms with Gasteiger partial charge in [-0.05, 0) is 18.6 Å². The summed E-state index contributed by atoms with van der Waals surface area (Å²) in [6.07, 6.45) is 0.754. The number of ether oxygens (including phenoxy) is 1. The van der Waals surface area contributed by atoms with Gasteiger partial charge in [-0.3, -0.25) is 14.5 Å². The fraction of sp³-hybridized carbons (Fsp3) is 0.409. The number of nitrogens with one attached hydrogen (secondary N) is 2. The lowest BCUT2D eigenvalue weighted by Gasteiger charge is -2.41. The number of nitrogens with zero attached hydrogens (tertiary/aromatic N) is 6. The second-order valence-electron chi connectivity index (χ2n) is 8.63. The summed E-state index contributed by atoms with van der Waals surface area (Å²) in [4.78, 5) is 27.2. The molecular weight excluding hydrogens is 465 g/mol. The van der Waals surface area contributed by atoms with Crippen molar-refractivity contribution < 1.29 is 22.7 Å². The zero-order valence-electron chi connectivity index (χ0n) is 19.1. The Labute approximate surface area is 198 Å². The third-order valence-corrected chi connectivity index (χ3v) is 6.29. The Morgan fingerprint density at radius 2 is 2.06 bits per heavy atom. The summed E-state index contributed by atoms with van der Waals surface area (Å²) in [5.41, 5.74) is 0.952. The van der Waals surface area contributed by atoms with Gasteiger partial charge < -0.3 is 20.3 Å². The standard InChI is InChI=1S/C22H23F3N8O2/c1-13-17-18(32(2)21(19(34)30-17)5-6-35-12-21)31-20(29-13)27-8-15-9-28-33(11-15)10-14-3-4-16(26-7-14)22(23,24)25/h3-4,7,9,11H,5-6,8,10,12H2,1-2H3,(H,30,34)(H,27,29,31). The summed E-state index contributed by atoms with van der Waals surface area (Å²) in [6.45, 7) is 3.28. The van der Waals surface area contributed by atoms with Gasteiger partial charge in [0.05, 0.1) is 25.0 Å². The molecule has 1 atom stereocenters. The minimum Gasteiger partial charge on any atom is -0.378 e. The highest BCUT2D eigenvalue weighted by molar-refractivity contribution is 6.06. The molecule has 3 aromatic rings. The van der Waals surface area contributed by atoms with Crippen LogP contribution in [-0.4, -0.2) is 56.4 Å². The Bertz CT molecular complexity index is 1250. The first-order chi connectivity index (χ1) is 16.7. The number of amides is 1. The van der Waals surface area contributed by atoms with Gasteiger partial charge in [-0.1, -0.05) is 6.07 Å². The first kappa shape index (κ1) is 23.0. The van der Waals surface area contributed by atoms with Crippen molar-refractivity contribution >= 4 is 23.4 Å². The maximum atomic E-state index is 12.8. The van der Waals surface area contributed by atoms with Crippen LogP contribution in [0.25, 0.3) is 0 Å². The van der Waals surface area contributed by atoms with Gasteiger partial charge in [0.25, 0.3) is 5.91 Å². The number of pyridine rings is 1. The highest BCUT2D eigenvalue weighted by Gasteiger charge is 2.50. The maximum Gasteiger partial charge on any atom is 0.433 e. The van der Waals surface area contributed by atoms with Crippen molar-refractivity contribution in [3.8, 4) is 0 Å². The van der Waals surface area contributed by atoms with E-state index in [1.165, 1.54) is 12.3 Å². The SMILES string of the molecule is Cc1nc(NCc2cnn(Cc3ccc(C(F)(F)F)nc3)c2)nc2c1NC(=O)C1(CCOC1)N2C. The van der Waals surface area contributed by atoms with Gasteiger partial charge >= 0.3 is 6.18 Å². The largest absolute Gasteiger partial charge is 0.433 e. The van der Waals surface area contributed by atoms with E-state index < -0.39 is 17.4 Å². The predicted octanol–water partition coefficient (Wildman–Crippen LogP) is 2.60. The zero-order chi connectivity index (χ0) is 24.8. The smallest absolute Gasteiger partial charge is 0.378 e. The van der Waals surface area contributed by atoms with Crippen LogP contribution in [0.4, 0.5) is 30.6 Å². The van der Waals surface area contributed by atoms with Crippen LogP contribution < -0.4 is 15.5 Å². The number of halogens is 3. The molecule has 1 fully saturated rings. The molecule has 35 heavy (non-hydrogen) atoms. The number of alkyl halides is 3. The highest BCUT2D eigenvalue weighted by atomic mass is 19.4. The molecule has 184 valence electrons. The molecule has 1 unspecified atom stereocenters. The Morgan fingerprint density at radius 1 is 1.23 bits per heavy atom. The van der Waals surface area contributed by atoms with Crippen molar-refractivity contribution in [3.05, 3.63) is 53.2 Å². The molecule has 2 aliphatic heterocycles. The molecule has 0 saturated carbocycles. The summed E-state index contributed by atoms with van der Waals surface area (Å²) in [6, 6.07) is 2.34. The number of aryl methyl sites for hydroxylation is 1. The van der Waals surface area contributed by atoms with Crippen LogP contribution in [0.15, 0.2) is 30.7 Å². The normalized spacial score (nSPS) is 19.7. The van der Waals surface area contributed by atoms with Crippen LogP contribution in [0, 0.1) is 6.92 Å².